The Morgan fingerprint density at radius 3 is 2.94 bits per heavy atom. The van der Waals surface area contributed by atoms with Crippen LogP contribution in [0.1, 0.15) is 20.3 Å². The molecule has 0 radical (unpaired) electrons. The fourth-order valence-corrected chi connectivity index (χ4v) is 2.19. The third-order valence-corrected chi connectivity index (χ3v) is 3.37. The second-order valence-corrected chi connectivity index (χ2v) is 4.85. The number of aromatic nitrogens is 2. The minimum Gasteiger partial charge on any atom is -0.383 e. The van der Waals surface area contributed by atoms with Gasteiger partial charge in [0, 0.05) is 12.4 Å². The second kappa shape index (κ2) is 5.36. The number of aliphatic hydroxyl groups is 1. The summed E-state index contributed by atoms with van der Waals surface area (Å²) in [7, 11) is 0. The fourth-order valence-electron chi connectivity index (χ4n) is 2.19. The van der Waals surface area contributed by atoms with Gasteiger partial charge in [-0.1, -0.05) is 44.2 Å². The van der Waals surface area contributed by atoms with Crippen LogP contribution in [0.15, 0.2) is 54.7 Å². The lowest BCUT2D eigenvalue weighted by atomic mass is 9.88. The van der Waals surface area contributed by atoms with Gasteiger partial charge in [-0.3, -0.25) is 0 Å². The number of nitrogens with zero attached hydrogens (tertiary/aromatic N) is 2. The Balaban J connectivity index is 2.26. The molecule has 0 aliphatic heterocycles. The molecule has 1 heterocycles. The number of imidazole rings is 1. The summed E-state index contributed by atoms with van der Waals surface area (Å²) in [6.45, 7) is 4.66. The van der Waals surface area contributed by atoms with Crippen molar-refractivity contribution >= 4 is 0 Å². The lowest BCUT2D eigenvalue weighted by Gasteiger charge is -2.29. The van der Waals surface area contributed by atoms with E-state index >= 15 is 0 Å². The van der Waals surface area contributed by atoms with Crippen LogP contribution >= 0.6 is 0 Å². The smallest absolute Gasteiger partial charge is 0.107 e. The molecule has 0 amide bonds. The van der Waals surface area contributed by atoms with E-state index in [0.29, 0.717) is 18.9 Å². The monoisotopic (exact) mass is 244 g/mol. The van der Waals surface area contributed by atoms with Crippen molar-refractivity contribution < 1.29 is 5.11 Å². The maximum absolute atomic E-state index is 10.9. The van der Waals surface area contributed by atoms with Gasteiger partial charge in [0.15, 0.2) is 0 Å². The van der Waals surface area contributed by atoms with Crippen molar-refractivity contribution in [3.8, 4) is 0 Å². The van der Waals surface area contributed by atoms with E-state index in [4.69, 9.17) is 0 Å². The third-order valence-electron chi connectivity index (χ3n) is 3.37. The summed E-state index contributed by atoms with van der Waals surface area (Å²) in [5.41, 5.74) is 0.147. The molecule has 0 saturated heterocycles. The van der Waals surface area contributed by atoms with Crippen LogP contribution in [0.2, 0.25) is 0 Å². The van der Waals surface area contributed by atoms with E-state index in [2.05, 4.69) is 24.1 Å². The minimum atomic E-state index is -0.836. The maximum Gasteiger partial charge on any atom is 0.107 e. The number of rotatable bonds is 4. The van der Waals surface area contributed by atoms with Crippen LogP contribution in [0.4, 0.5) is 0 Å². The van der Waals surface area contributed by atoms with Crippen LogP contribution < -0.4 is 0 Å². The molecule has 2 atom stereocenters. The van der Waals surface area contributed by atoms with Crippen molar-refractivity contribution in [1.29, 1.82) is 0 Å². The molecule has 2 rings (SSSR count). The van der Waals surface area contributed by atoms with Crippen molar-refractivity contribution in [1.82, 2.24) is 9.55 Å². The molecule has 0 aromatic carbocycles. The Morgan fingerprint density at radius 2 is 2.28 bits per heavy atom. The van der Waals surface area contributed by atoms with Gasteiger partial charge in [0.25, 0.3) is 0 Å². The van der Waals surface area contributed by atoms with Crippen molar-refractivity contribution in [2.45, 2.75) is 32.4 Å². The Bertz CT molecular complexity index is 471. The molecular weight excluding hydrogens is 224 g/mol. The molecule has 18 heavy (non-hydrogen) atoms. The summed E-state index contributed by atoms with van der Waals surface area (Å²) in [6.07, 6.45) is 16.3. The Hall–Kier alpha value is -1.61. The minimum absolute atomic E-state index is 0.343. The van der Waals surface area contributed by atoms with Crippen LogP contribution in [0.25, 0.3) is 0 Å². The lowest BCUT2D eigenvalue weighted by Crippen LogP contribution is -2.35. The first-order chi connectivity index (χ1) is 8.64. The van der Waals surface area contributed by atoms with Crippen LogP contribution in [-0.4, -0.2) is 20.3 Å². The largest absolute Gasteiger partial charge is 0.383 e. The molecule has 1 aliphatic carbocycles. The highest BCUT2D eigenvalue weighted by Crippen LogP contribution is 2.27. The predicted molar refractivity (Wildman–Crippen MR) is 73.0 cm³/mol. The first-order valence-corrected chi connectivity index (χ1v) is 6.39. The molecule has 1 aromatic heterocycles. The average molecular weight is 244 g/mol. The van der Waals surface area contributed by atoms with Crippen molar-refractivity contribution in [2.75, 3.05) is 0 Å². The standard InChI is InChI=1S/C15H20N2O/c1-3-15(18,11-17-9-8-16-12-17)14-7-5-4-6-13(2)10-14/h4-10,12-13,18H,3,11H2,1-2H3. The normalized spacial score (nSPS) is 22.4. The SMILES string of the molecule is CCC(O)(Cn1ccnc1)C1=CC(C)C=CC=C1. The molecular formula is C15H20N2O. The lowest BCUT2D eigenvalue weighted by molar-refractivity contribution is 0.0587. The van der Waals surface area contributed by atoms with E-state index < -0.39 is 5.60 Å². The van der Waals surface area contributed by atoms with E-state index in [1.807, 2.05) is 35.9 Å². The zero-order valence-electron chi connectivity index (χ0n) is 11.0. The zero-order valence-corrected chi connectivity index (χ0v) is 11.0. The Kier molecular flexibility index (Phi) is 3.82. The molecule has 1 aromatic rings. The number of hydrogen-bond acceptors (Lipinski definition) is 2. The molecule has 0 bridgehead atoms. The van der Waals surface area contributed by atoms with Crippen molar-refractivity contribution in [3.63, 3.8) is 0 Å². The molecule has 1 N–H and O–H groups in total. The molecule has 96 valence electrons. The van der Waals surface area contributed by atoms with E-state index in [0.717, 1.165) is 5.57 Å². The molecule has 2 unspecified atom stereocenters. The second-order valence-electron chi connectivity index (χ2n) is 4.85. The highest BCUT2D eigenvalue weighted by atomic mass is 16.3. The molecule has 0 fully saturated rings. The summed E-state index contributed by atoms with van der Waals surface area (Å²) >= 11 is 0. The maximum atomic E-state index is 10.9. The average Bonchev–Trinajstić information content (AvgIpc) is 2.75. The topological polar surface area (TPSA) is 38.0 Å². The van der Waals surface area contributed by atoms with Gasteiger partial charge in [-0.2, -0.15) is 0 Å². The molecule has 3 nitrogen and oxygen atoms in total. The van der Waals surface area contributed by atoms with Gasteiger partial charge in [-0.25, -0.2) is 4.98 Å². The first-order valence-electron chi connectivity index (χ1n) is 6.39. The van der Waals surface area contributed by atoms with Crippen LogP contribution in [0.3, 0.4) is 0 Å². The summed E-state index contributed by atoms with van der Waals surface area (Å²) < 4.78 is 1.92. The fraction of sp³-hybridized carbons (Fsp3) is 0.400. The Morgan fingerprint density at radius 1 is 1.44 bits per heavy atom. The van der Waals surface area contributed by atoms with Crippen LogP contribution in [0, 0.1) is 5.92 Å². The van der Waals surface area contributed by atoms with E-state index in [1.165, 1.54) is 0 Å². The summed E-state index contributed by atoms with van der Waals surface area (Å²) in [4.78, 5) is 4.02. The molecule has 3 heteroatoms. The summed E-state index contributed by atoms with van der Waals surface area (Å²) in [5, 5.41) is 10.9. The van der Waals surface area contributed by atoms with Crippen LogP contribution in [-0.2, 0) is 6.54 Å². The van der Waals surface area contributed by atoms with Gasteiger partial charge in [0.05, 0.1) is 12.9 Å². The first kappa shape index (κ1) is 12.8. The van der Waals surface area contributed by atoms with Gasteiger partial charge < -0.3 is 9.67 Å². The van der Waals surface area contributed by atoms with Crippen molar-refractivity contribution in [2.24, 2.45) is 5.92 Å². The van der Waals surface area contributed by atoms with E-state index in [1.54, 1.807) is 12.5 Å². The third kappa shape index (κ3) is 2.79. The van der Waals surface area contributed by atoms with Gasteiger partial charge in [0.1, 0.15) is 5.60 Å². The number of hydrogen-bond donors (Lipinski definition) is 1. The zero-order chi connectivity index (χ0) is 13.0. The molecule has 1 aliphatic rings. The van der Waals surface area contributed by atoms with Crippen LogP contribution in [0.5, 0.6) is 0 Å². The number of allylic oxidation sites excluding steroid dienone is 4. The van der Waals surface area contributed by atoms with E-state index in [9.17, 15) is 5.11 Å². The van der Waals surface area contributed by atoms with Gasteiger partial charge in [0.2, 0.25) is 0 Å². The van der Waals surface area contributed by atoms with Gasteiger partial charge >= 0.3 is 0 Å². The van der Waals surface area contributed by atoms with Gasteiger partial charge in [-0.05, 0) is 17.9 Å². The quantitative estimate of drug-likeness (QED) is 0.884. The summed E-state index contributed by atoms with van der Waals surface area (Å²) in [6, 6.07) is 0. The predicted octanol–water partition coefficient (Wildman–Crippen LogP) is 2.71. The van der Waals surface area contributed by atoms with E-state index in [-0.39, 0.29) is 0 Å². The highest BCUT2D eigenvalue weighted by molar-refractivity contribution is 5.34. The highest BCUT2D eigenvalue weighted by Gasteiger charge is 2.29. The summed E-state index contributed by atoms with van der Waals surface area (Å²) in [5.74, 6) is 0.343. The molecule has 0 saturated carbocycles. The Labute approximate surface area is 108 Å². The molecule has 0 spiro atoms. The van der Waals surface area contributed by atoms with Crippen molar-refractivity contribution in [3.05, 3.63) is 54.7 Å². The van der Waals surface area contributed by atoms with Gasteiger partial charge in [-0.15, -0.1) is 0 Å².